The summed E-state index contributed by atoms with van der Waals surface area (Å²) in [6, 6.07) is 7.23. The van der Waals surface area contributed by atoms with E-state index in [0.29, 0.717) is 5.69 Å². The summed E-state index contributed by atoms with van der Waals surface area (Å²) in [5, 5.41) is 6.41. The lowest BCUT2D eigenvalue weighted by Gasteiger charge is -2.13. The Bertz CT molecular complexity index is 678. The van der Waals surface area contributed by atoms with Gasteiger partial charge in [-0.3, -0.25) is 4.72 Å². The Morgan fingerprint density at radius 1 is 1.20 bits per heavy atom. The van der Waals surface area contributed by atoms with Crippen molar-refractivity contribution in [2.24, 2.45) is 0 Å². The normalized spacial score (nSPS) is 12.9. The van der Waals surface area contributed by atoms with Crippen molar-refractivity contribution in [3.05, 3.63) is 40.3 Å². The molecule has 0 saturated carbocycles. The Hall–Kier alpha value is -1.60. The number of anilines is 2. The second-order valence-corrected chi connectivity index (χ2v) is 7.42. The second-order valence-electron chi connectivity index (χ2n) is 4.61. The van der Waals surface area contributed by atoms with E-state index in [2.05, 4.69) is 15.0 Å². The molecule has 2 N–H and O–H groups in total. The van der Waals surface area contributed by atoms with Crippen LogP contribution in [0.4, 0.5) is 11.4 Å². The second kappa shape index (κ2) is 5.80. The first kappa shape index (κ1) is 14.8. The van der Waals surface area contributed by atoms with Gasteiger partial charge in [-0.25, -0.2) is 13.4 Å². The fraction of sp³-hybridized carbons (Fsp3) is 0.308. The molecule has 2 aromatic rings. The van der Waals surface area contributed by atoms with Crippen LogP contribution >= 0.6 is 11.3 Å². The summed E-state index contributed by atoms with van der Waals surface area (Å²) in [7, 11) is -3.23. The van der Waals surface area contributed by atoms with Crippen LogP contribution in [0, 0.1) is 6.92 Å². The molecule has 0 spiro atoms. The predicted molar refractivity (Wildman–Crippen MR) is 83.8 cm³/mol. The van der Waals surface area contributed by atoms with E-state index in [1.807, 2.05) is 31.4 Å². The largest absolute Gasteiger partial charge is 0.377 e. The van der Waals surface area contributed by atoms with E-state index >= 15 is 0 Å². The minimum Gasteiger partial charge on any atom is -0.377 e. The minimum absolute atomic E-state index is 0.105. The topological polar surface area (TPSA) is 71.1 Å². The number of hydrogen-bond acceptors (Lipinski definition) is 5. The van der Waals surface area contributed by atoms with E-state index in [1.54, 1.807) is 23.5 Å². The molecule has 0 aliphatic heterocycles. The first-order valence-electron chi connectivity index (χ1n) is 6.10. The van der Waals surface area contributed by atoms with E-state index in [1.165, 1.54) is 0 Å². The highest BCUT2D eigenvalue weighted by atomic mass is 32.2. The molecule has 1 aromatic heterocycles. The smallest absolute Gasteiger partial charge is 0.229 e. The number of benzene rings is 1. The monoisotopic (exact) mass is 311 g/mol. The third-order valence-corrected chi connectivity index (χ3v) is 4.05. The van der Waals surface area contributed by atoms with Crippen LogP contribution in [-0.2, 0) is 10.0 Å². The molecule has 0 aliphatic rings. The molecule has 0 fully saturated rings. The summed E-state index contributed by atoms with van der Waals surface area (Å²) in [5.74, 6) is 0. The van der Waals surface area contributed by atoms with Gasteiger partial charge in [-0.2, -0.15) is 0 Å². The Balaban J connectivity index is 2.03. The van der Waals surface area contributed by atoms with E-state index in [4.69, 9.17) is 0 Å². The quantitative estimate of drug-likeness (QED) is 0.890. The van der Waals surface area contributed by atoms with Crippen molar-refractivity contribution in [3.63, 3.8) is 0 Å². The molecule has 0 amide bonds. The zero-order valence-electron chi connectivity index (χ0n) is 11.5. The van der Waals surface area contributed by atoms with Gasteiger partial charge in [0.15, 0.2) is 0 Å². The Morgan fingerprint density at radius 3 is 2.30 bits per heavy atom. The van der Waals surface area contributed by atoms with Crippen molar-refractivity contribution in [3.8, 4) is 0 Å². The van der Waals surface area contributed by atoms with Gasteiger partial charge in [0.25, 0.3) is 0 Å². The zero-order chi connectivity index (χ0) is 14.8. The Kier molecular flexibility index (Phi) is 4.29. The number of aryl methyl sites for hydroxylation is 1. The first-order valence-corrected chi connectivity index (χ1v) is 8.87. The van der Waals surface area contributed by atoms with Gasteiger partial charge in [0.1, 0.15) is 0 Å². The summed E-state index contributed by atoms with van der Waals surface area (Å²) in [6.07, 6.45) is 1.13. The lowest BCUT2D eigenvalue weighted by atomic mass is 10.2. The minimum atomic E-state index is -3.23. The van der Waals surface area contributed by atoms with Gasteiger partial charge in [0.05, 0.1) is 23.0 Å². The summed E-state index contributed by atoms with van der Waals surface area (Å²) in [4.78, 5) is 4.44. The highest BCUT2D eigenvalue weighted by Crippen LogP contribution is 2.22. The maximum absolute atomic E-state index is 11.1. The molecule has 7 heteroatoms. The van der Waals surface area contributed by atoms with Crippen LogP contribution in [0.25, 0.3) is 0 Å². The number of sulfonamides is 1. The summed E-state index contributed by atoms with van der Waals surface area (Å²) < 4.78 is 24.7. The number of nitrogens with zero attached hydrogens (tertiary/aromatic N) is 1. The van der Waals surface area contributed by atoms with Crippen LogP contribution in [0.3, 0.4) is 0 Å². The third kappa shape index (κ3) is 4.21. The van der Waals surface area contributed by atoms with Gasteiger partial charge in [-0.1, -0.05) is 0 Å². The van der Waals surface area contributed by atoms with E-state index in [9.17, 15) is 8.42 Å². The number of aromatic nitrogens is 1. The number of thiazole rings is 1. The lowest BCUT2D eigenvalue weighted by Crippen LogP contribution is -2.10. The fourth-order valence-electron chi connectivity index (χ4n) is 1.75. The third-order valence-electron chi connectivity index (χ3n) is 2.65. The van der Waals surface area contributed by atoms with Gasteiger partial charge in [0.2, 0.25) is 10.0 Å². The molecule has 5 nitrogen and oxygen atoms in total. The molecular formula is C13H17N3O2S2. The number of nitrogens with one attached hydrogen (secondary N) is 2. The molecule has 108 valence electrons. The maximum atomic E-state index is 11.1. The first-order chi connectivity index (χ1) is 9.33. The molecular weight excluding hydrogens is 294 g/mol. The van der Waals surface area contributed by atoms with Crippen molar-refractivity contribution >= 4 is 32.7 Å². The molecule has 0 radical (unpaired) electrons. The van der Waals surface area contributed by atoms with E-state index in [0.717, 1.165) is 22.6 Å². The fourth-order valence-corrected chi connectivity index (χ4v) is 3.02. The number of hydrogen-bond donors (Lipinski definition) is 2. The maximum Gasteiger partial charge on any atom is 0.229 e. The number of rotatable bonds is 5. The zero-order valence-corrected chi connectivity index (χ0v) is 13.2. The summed E-state index contributed by atoms with van der Waals surface area (Å²) >= 11 is 1.62. The molecule has 1 aromatic carbocycles. The highest BCUT2D eigenvalue weighted by molar-refractivity contribution is 7.92. The summed E-state index contributed by atoms with van der Waals surface area (Å²) in [6.45, 7) is 4.02. The Labute approximate surface area is 123 Å². The van der Waals surface area contributed by atoms with Crippen LogP contribution in [0.15, 0.2) is 29.6 Å². The van der Waals surface area contributed by atoms with Crippen LogP contribution in [0.1, 0.15) is 23.7 Å². The van der Waals surface area contributed by atoms with E-state index < -0.39 is 10.0 Å². The van der Waals surface area contributed by atoms with Crippen molar-refractivity contribution < 1.29 is 8.42 Å². The SMILES string of the molecule is Cc1nc(C(C)Nc2ccc(NS(C)(=O)=O)cc2)cs1. The molecule has 1 atom stereocenters. The standard InChI is InChI=1S/C13H17N3O2S2/c1-9(13-8-19-10(2)15-13)14-11-4-6-12(7-5-11)16-20(3,17)18/h4-9,14,16H,1-3H3. The molecule has 20 heavy (non-hydrogen) atoms. The van der Waals surface area contributed by atoms with E-state index in [-0.39, 0.29) is 6.04 Å². The average Bonchev–Trinajstić information content (AvgIpc) is 2.77. The molecule has 0 aliphatic carbocycles. The van der Waals surface area contributed by atoms with Gasteiger partial charge < -0.3 is 5.32 Å². The van der Waals surface area contributed by atoms with Crippen molar-refractivity contribution in [2.45, 2.75) is 19.9 Å². The van der Waals surface area contributed by atoms with Crippen LogP contribution < -0.4 is 10.0 Å². The van der Waals surface area contributed by atoms with Gasteiger partial charge >= 0.3 is 0 Å². The van der Waals surface area contributed by atoms with Crippen molar-refractivity contribution in [1.82, 2.24) is 4.98 Å². The van der Waals surface area contributed by atoms with Crippen LogP contribution in [0.2, 0.25) is 0 Å². The van der Waals surface area contributed by atoms with Crippen molar-refractivity contribution in [1.29, 1.82) is 0 Å². The molecule has 2 rings (SSSR count). The van der Waals surface area contributed by atoms with Crippen LogP contribution in [0.5, 0.6) is 0 Å². The molecule has 1 heterocycles. The van der Waals surface area contributed by atoms with Gasteiger partial charge in [-0.05, 0) is 38.1 Å². The molecule has 0 saturated heterocycles. The van der Waals surface area contributed by atoms with Gasteiger partial charge in [0, 0.05) is 16.8 Å². The predicted octanol–water partition coefficient (Wildman–Crippen LogP) is 3.00. The summed E-state index contributed by atoms with van der Waals surface area (Å²) in [5.41, 5.74) is 2.48. The lowest BCUT2D eigenvalue weighted by molar-refractivity contribution is 0.607. The van der Waals surface area contributed by atoms with Gasteiger partial charge in [-0.15, -0.1) is 11.3 Å². The Morgan fingerprint density at radius 2 is 1.80 bits per heavy atom. The van der Waals surface area contributed by atoms with Crippen LogP contribution in [-0.4, -0.2) is 19.7 Å². The highest BCUT2D eigenvalue weighted by Gasteiger charge is 2.09. The van der Waals surface area contributed by atoms with Crippen molar-refractivity contribution in [2.75, 3.05) is 16.3 Å². The average molecular weight is 311 g/mol. The molecule has 0 bridgehead atoms. The molecule has 1 unspecified atom stereocenters.